The van der Waals surface area contributed by atoms with Crippen LogP contribution in [-0.4, -0.2) is 18.8 Å². The zero-order valence-electron chi connectivity index (χ0n) is 12.0. The monoisotopic (exact) mass is 370 g/mol. The molecule has 2 aromatic carbocycles. The number of rotatable bonds is 2. The number of carbonyl (C=O) groups is 1. The second-order valence-corrected chi connectivity index (χ2v) is 7.68. The van der Waals surface area contributed by atoms with Gasteiger partial charge in [0.05, 0.1) is 16.8 Å². The van der Waals surface area contributed by atoms with Crippen molar-refractivity contribution >= 4 is 44.9 Å². The maximum Gasteiger partial charge on any atom is 0.336 e. The Bertz CT molecular complexity index is 885. The highest BCUT2D eigenvalue weighted by molar-refractivity contribution is 7.90. The topological polar surface area (TPSA) is 66.5 Å². The number of benzene rings is 2. The second kappa shape index (κ2) is 5.70. The van der Waals surface area contributed by atoms with Crippen LogP contribution in [0.25, 0.3) is 0 Å². The first-order valence-corrected chi connectivity index (χ1v) is 8.91. The molecule has 2 amide bonds. The summed E-state index contributed by atoms with van der Waals surface area (Å²) < 4.78 is 26.6. The summed E-state index contributed by atoms with van der Waals surface area (Å²) in [7, 11) is -4.10. The van der Waals surface area contributed by atoms with Crippen molar-refractivity contribution in [2.75, 3.05) is 5.32 Å². The van der Waals surface area contributed by atoms with E-state index in [0.29, 0.717) is 5.56 Å². The maximum atomic E-state index is 12.9. The molecule has 0 aliphatic carbocycles. The summed E-state index contributed by atoms with van der Waals surface area (Å²) in [4.78, 5) is 12.2. The highest BCUT2D eigenvalue weighted by atomic mass is 35.5. The first-order chi connectivity index (χ1) is 10.8. The lowest BCUT2D eigenvalue weighted by molar-refractivity contribution is 0.226. The lowest BCUT2D eigenvalue weighted by Crippen LogP contribution is -2.45. The number of hydrogen-bond acceptors (Lipinski definition) is 3. The molecule has 0 saturated heterocycles. The average Bonchev–Trinajstić information content (AvgIpc) is 2.45. The summed E-state index contributed by atoms with van der Waals surface area (Å²) in [5.41, 5.74) is 0.781. The van der Waals surface area contributed by atoms with Crippen LogP contribution in [0.2, 0.25) is 10.0 Å². The fraction of sp³-hybridized carbons (Fsp3) is 0.133. The van der Waals surface area contributed by atoms with Crippen LogP contribution in [0, 0.1) is 0 Å². The number of urea groups is 1. The number of carbonyl (C=O) groups excluding carboxylic acids is 1. The third-order valence-electron chi connectivity index (χ3n) is 3.60. The molecule has 1 N–H and O–H groups in total. The molecule has 2 aromatic rings. The molecule has 1 aliphatic heterocycles. The normalized spacial score (nSPS) is 17.3. The van der Waals surface area contributed by atoms with E-state index in [1.807, 2.05) is 6.07 Å². The van der Waals surface area contributed by atoms with Crippen LogP contribution in [0.1, 0.15) is 18.5 Å². The molecule has 0 unspecified atom stereocenters. The number of amides is 2. The molecule has 8 heteroatoms. The summed E-state index contributed by atoms with van der Waals surface area (Å²) in [6, 6.07) is 10.2. The maximum absolute atomic E-state index is 12.9. The minimum absolute atomic E-state index is 0.0299. The molecule has 0 fully saturated rings. The number of halogens is 2. The Morgan fingerprint density at radius 2 is 1.78 bits per heavy atom. The fourth-order valence-corrected chi connectivity index (χ4v) is 5.02. The molecule has 0 aromatic heterocycles. The number of fused-ring (bicyclic) bond motifs is 1. The van der Waals surface area contributed by atoms with Gasteiger partial charge in [-0.1, -0.05) is 53.5 Å². The molecule has 1 atom stereocenters. The van der Waals surface area contributed by atoms with E-state index < -0.39 is 22.1 Å². The van der Waals surface area contributed by atoms with Crippen LogP contribution >= 0.6 is 23.2 Å². The van der Waals surface area contributed by atoms with Crippen molar-refractivity contribution in [3.63, 3.8) is 0 Å². The van der Waals surface area contributed by atoms with Gasteiger partial charge in [0.25, 0.3) is 10.0 Å². The smallest absolute Gasteiger partial charge is 0.305 e. The first kappa shape index (κ1) is 16.1. The minimum Gasteiger partial charge on any atom is -0.305 e. The van der Waals surface area contributed by atoms with Crippen molar-refractivity contribution in [1.29, 1.82) is 0 Å². The Kier molecular flexibility index (Phi) is 4.00. The number of anilines is 1. The van der Waals surface area contributed by atoms with E-state index in [-0.39, 0.29) is 20.6 Å². The summed E-state index contributed by atoms with van der Waals surface area (Å²) in [5.74, 6) is 0. The minimum atomic E-state index is -4.10. The van der Waals surface area contributed by atoms with Gasteiger partial charge in [0, 0.05) is 5.02 Å². The van der Waals surface area contributed by atoms with E-state index in [0.717, 1.165) is 4.31 Å². The highest BCUT2D eigenvalue weighted by Crippen LogP contribution is 2.41. The van der Waals surface area contributed by atoms with Gasteiger partial charge >= 0.3 is 6.03 Å². The fourth-order valence-electron chi connectivity index (χ4n) is 2.54. The van der Waals surface area contributed by atoms with Crippen molar-refractivity contribution in [1.82, 2.24) is 4.31 Å². The molecular weight excluding hydrogens is 359 g/mol. The largest absolute Gasteiger partial charge is 0.336 e. The van der Waals surface area contributed by atoms with Gasteiger partial charge in [-0.2, -0.15) is 0 Å². The molecule has 0 bridgehead atoms. The van der Waals surface area contributed by atoms with E-state index in [1.165, 1.54) is 12.1 Å². The molecule has 3 rings (SSSR count). The SMILES string of the molecule is C[C@@H](c1ccccc1)N1C(=O)Nc2cc(Cl)cc(Cl)c2S1(=O)=O. The van der Waals surface area contributed by atoms with Crippen LogP contribution in [-0.2, 0) is 10.0 Å². The third kappa shape index (κ3) is 2.67. The Hall–Kier alpha value is -1.76. The van der Waals surface area contributed by atoms with Crippen molar-refractivity contribution in [2.24, 2.45) is 0 Å². The van der Waals surface area contributed by atoms with Crippen molar-refractivity contribution < 1.29 is 13.2 Å². The molecule has 1 aliphatic rings. The van der Waals surface area contributed by atoms with Crippen LogP contribution in [0.15, 0.2) is 47.4 Å². The molecule has 23 heavy (non-hydrogen) atoms. The molecule has 5 nitrogen and oxygen atoms in total. The first-order valence-electron chi connectivity index (χ1n) is 6.72. The Morgan fingerprint density at radius 3 is 2.43 bits per heavy atom. The predicted octanol–water partition coefficient (Wildman–Crippen LogP) is 4.29. The van der Waals surface area contributed by atoms with Gasteiger partial charge in [0.2, 0.25) is 0 Å². The zero-order valence-corrected chi connectivity index (χ0v) is 14.3. The van der Waals surface area contributed by atoms with E-state index in [2.05, 4.69) is 5.32 Å². The van der Waals surface area contributed by atoms with Crippen LogP contribution in [0.5, 0.6) is 0 Å². The van der Waals surface area contributed by atoms with E-state index in [4.69, 9.17) is 23.2 Å². The Labute approximate surface area is 143 Å². The van der Waals surface area contributed by atoms with Crippen LogP contribution in [0.4, 0.5) is 10.5 Å². The molecule has 0 radical (unpaired) electrons. The standard InChI is InChI=1S/C15H12Cl2N2O3S/c1-9(10-5-3-2-4-6-10)19-15(20)18-13-8-11(16)7-12(17)14(13)23(19,21)22/h2-9H,1H3,(H,18,20)/t9-/m0/s1. The van der Waals surface area contributed by atoms with Crippen molar-refractivity contribution in [2.45, 2.75) is 17.9 Å². The average molecular weight is 371 g/mol. The third-order valence-corrected chi connectivity index (χ3v) is 6.18. The van der Waals surface area contributed by atoms with E-state index in [9.17, 15) is 13.2 Å². The van der Waals surface area contributed by atoms with Gasteiger partial charge in [0.15, 0.2) is 0 Å². The van der Waals surface area contributed by atoms with Crippen LogP contribution in [0.3, 0.4) is 0 Å². The molecule has 1 heterocycles. The summed E-state index contributed by atoms with van der Waals surface area (Å²) in [6.45, 7) is 1.64. The lowest BCUT2D eigenvalue weighted by atomic mass is 10.1. The number of nitrogens with zero attached hydrogens (tertiary/aromatic N) is 1. The van der Waals surface area contributed by atoms with Gasteiger partial charge in [-0.15, -0.1) is 0 Å². The quantitative estimate of drug-likeness (QED) is 0.856. The van der Waals surface area contributed by atoms with Crippen molar-refractivity contribution in [3.8, 4) is 0 Å². The summed E-state index contributed by atoms with van der Waals surface area (Å²) >= 11 is 11.9. The molecule has 0 saturated carbocycles. The number of sulfonamides is 1. The second-order valence-electron chi connectivity index (χ2n) is 5.08. The van der Waals surface area contributed by atoms with Gasteiger partial charge < -0.3 is 5.32 Å². The highest BCUT2D eigenvalue weighted by Gasteiger charge is 2.41. The van der Waals surface area contributed by atoms with Crippen LogP contribution < -0.4 is 5.32 Å². The number of nitrogens with one attached hydrogen (secondary N) is 1. The molecule has 0 spiro atoms. The van der Waals surface area contributed by atoms with Gasteiger partial charge in [-0.05, 0) is 24.6 Å². The zero-order chi connectivity index (χ0) is 16.8. The lowest BCUT2D eigenvalue weighted by Gasteiger charge is -2.33. The van der Waals surface area contributed by atoms with Gasteiger partial charge in [0.1, 0.15) is 4.90 Å². The Morgan fingerprint density at radius 1 is 1.13 bits per heavy atom. The van der Waals surface area contributed by atoms with E-state index >= 15 is 0 Å². The summed E-state index contributed by atoms with van der Waals surface area (Å²) in [6.07, 6.45) is 0. The summed E-state index contributed by atoms with van der Waals surface area (Å²) in [5, 5.41) is 2.75. The van der Waals surface area contributed by atoms with Crippen molar-refractivity contribution in [3.05, 3.63) is 58.1 Å². The Balaban J connectivity index is 2.15. The molecular formula is C15H12Cl2N2O3S. The van der Waals surface area contributed by atoms with E-state index in [1.54, 1.807) is 31.2 Å². The van der Waals surface area contributed by atoms with Gasteiger partial charge in [-0.3, -0.25) is 0 Å². The van der Waals surface area contributed by atoms with Gasteiger partial charge in [-0.25, -0.2) is 17.5 Å². The number of hydrogen-bond donors (Lipinski definition) is 1. The molecule has 120 valence electrons. The predicted molar refractivity (Wildman–Crippen MR) is 89.4 cm³/mol.